The Morgan fingerprint density at radius 1 is 1.47 bits per heavy atom. The second-order valence-corrected chi connectivity index (χ2v) is 3.42. The van der Waals surface area contributed by atoms with Gasteiger partial charge in [-0.15, -0.1) is 0 Å². The number of aldehydes is 1. The third kappa shape index (κ3) is 1.86. The molecule has 3 nitrogen and oxygen atoms in total. The van der Waals surface area contributed by atoms with E-state index in [-0.39, 0.29) is 0 Å². The van der Waals surface area contributed by atoms with Crippen molar-refractivity contribution in [1.29, 1.82) is 0 Å². The molecule has 0 spiro atoms. The van der Waals surface area contributed by atoms with Crippen LogP contribution < -0.4 is 4.74 Å². The van der Waals surface area contributed by atoms with Gasteiger partial charge in [0.1, 0.15) is 5.75 Å². The Morgan fingerprint density at radius 2 is 2.33 bits per heavy atom. The van der Waals surface area contributed by atoms with Crippen LogP contribution in [0.4, 0.5) is 0 Å². The van der Waals surface area contributed by atoms with Crippen LogP contribution in [0.25, 0.3) is 10.9 Å². The van der Waals surface area contributed by atoms with Gasteiger partial charge in [0.05, 0.1) is 6.61 Å². The Labute approximate surface area is 88.1 Å². The van der Waals surface area contributed by atoms with Crippen molar-refractivity contribution in [2.24, 2.45) is 0 Å². The number of hydrogen-bond donors (Lipinski definition) is 1. The smallest absolute Gasteiger partial charge is 0.152 e. The molecule has 0 radical (unpaired) electrons. The Kier molecular flexibility index (Phi) is 2.72. The lowest BCUT2D eigenvalue weighted by atomic mass is 10.2. The van der Waals surface area contributed by atoms with Crippen molar-refractivity contribution in [1.82, 2.24) is 4.98 Å². The molecule has 3 heteroatoms. The normalized spacial score (nSPS) is 10.5. The van der Waals surface area contributed by atoms with Crippen molar-refractivity contribution in [3.05, 3.63) is 30.0 Å². The van der Waals surface area contributed by atoms with E-state index in [1.165, 1.54) is 0 Å². The summed E-state index contributed by atoms with van der Waals surface area (Å²) in [5, 5.41) is 0.915. The summed E-state index contributed by atoms with van der Waals surface area (Å²) in [6.45, 7) is 2.76. The molecule has 0 aliphatic carbocycles. The predicted octanol–water partition coefficient (Wildman–Crippen LogP) is 2.77. The SMILES string of the molecule is CCCOc1ccc2[nH]cc(C=O)c2c1. The molecule has 0 aliphatic rings. The summed E-state index contributed by atoms with van der Waals surface area (Å²) >= 11 is 0. The number of nitrogens with one attached hydrogen (secondary N) is 1. The van der Waals surface area contributed by atoms with Crippen LogP contribution in [-0.4, -0.2) is 17.9 Å². The lowest BCUT2D eigenvalue weighted by Gasteiger charge is -2.03. The van der Waals surface area contributed by atoms with Crippen molar-refractivity contribution in [2.75, 3.05) is 6.61 Å². The van der Waals surface area contributed by atoms with Gasteiger partial charge in [0.15, 0.2) is 6.29 Å². The van der Waals surface area contributed by atoms with Gasteiger partial charge in [-0.3, -0.25) is 4.79 Å². The molecule has 0 atom stereocenters. The number of H-pyrrole nitrogens is 1. The fraction of sp³-hybridized carbons (Fsp3) is 0.250. The average Bonchev–Trinajstić information content (AvgIpc) is 2.68. The summed E-state index contributed by atoms with van der Waals surface area (Å²) in [4.78, 5) is 13.8. The van der Waals surface area contributed by atoms with Gasteiger partial charge < -0.3 is 9.72 Å². The minimum Gasteiger partial charge on any atom is -0.494 e. The lowest BCUT2D eigenvalue weighted by molar-refractivity contribution is 0.112. The lowest BCUT2D eigenvalue weighted by Crippen LogP contribution is -1.94. The zero-order chi connectivity index (χ0) is 10.7. The maximum Gasteiger partial charge on any atom is 0.152 e. The Morgan fingerprint density at radius 3 is 3.07 bits per heavy atom. The van der Waals surface area contributed by atoms with Crippen LogP contribution in [0.15, 0.2) is 24.4 Å². The van der Waals surface area contributed by atoms with Crippen LogP contribution in [0.5, 0.6) is 5.75 Å². The number of rotatable bonds is 4. The summed E-state index contributed by atoms with van der Waals surface area (Å²) in [6, 6.07) is 5.72. The van der Waals surface area contributed by atoms with Gasteiger partial charge in [-0.2, -0.15) is 0 Å². The molecule has 0 saturated heterocycles. The van der Waals surface area contributed by atoms with E-state index in [1.54, 1.807) is 6.20 Å². The van der Waals surface area contributed by atoms with Gasteiger partial charge in [-0.25, -0.2) is 0 Å². The number of aromatic nitrogens is 1. The number of benzene rings is 1. The molecule has 0 fully saturated rings. The zero-order valence-corrected chi connectivity index (χ0v) is 8.62. The molecular weight excluding hydrogens is 190 g/mol. The average molecular weight is 203 g/mol. The molecule has 78 valence electrons. The largest absolute Gasteiger partial charge is 0.494 e. The van der Waals surface area contributed by atoms with E-state index in [0.29, 0.717) is 12.2 Å². The van der Waals surface area contributed by atoms with Crippen LogP contribution in [0.1, 0.15) is 23.7 Å². The number of carbonyl (C=O) groups excluding carboxylic acids is 1. The van der Waals surface area contributed by atoms with Gasteiger partial charge in [0.25, 0.3) is 0 Å². The highest BCUT2D eigenvalue weighted by Gasteiger charge is 2.03. The van der Waals surface area contributed by atoms with Crippen molar-refractivity contribution in [3.8, 4) is 5.75 Å². The Hall–Kier alpha value is -1.77. The first-order valence-corrected chi connectivity index (χ1v) is 5.04. The minimum absolute atomic E-state index is 0.673. The van der Waals surface area contributed by atoms with Crippen LogP contribution in [-0.2, 0) is 0 Å². The van der Waals surface area contributed by atoms with Crippen LogP contribution in [0.2, 0.25) is 0 Å². The van der Waals surface area contributed by atoms with Crippen LogP contribution in [0.3, 0.4) is 0 Å². The Bertz CT molecular complexity index is 473. The van der Waals surface area contributed by atoms with Crippen molar-refractivity contribution in [2.45, 2.75) is 13.3 Å². The topological polar surface area (TPSA) is 42.1 Å². The molecule has 2 aromatic rings. The molecule has 0 amide bonds. The maximum absolute atomic E-state index is 10.7. The van der Waals surface area contributed by atoms with E-state index in [9.17, 15) is 4.79 Å². The van der Waals surface area contributed by atoms with Gasteiger partial charge >= 0.3 is 0 Å². The predicted molar refractivity (Wildman–Crippen MR) is 59.5 cm³/mol. The second-order valence-electron chi connectivity index (χ2n) is 3.42. The van der Waals surface area contributed by atoms with E-state index in [0.717, 1.165) is 29.4 Å². The quantitative estimate of drug-likeness (QED) is 0.776. The van der Waals surface area contributed by atoms with Gasteiger partial charge in [-0.05, 0) is 24.6 Å². The monoisotopic (exact) mass is 203 g/mol. The number of carbonyl (C=O) groups is 1. The first kappa shape index (κ1) is 9.77. The molecule has 1 N–H and O–H groups in total. The molecule has 0 bridgehead atoms. The van der Waals surface area contributed by atoms with E-state index in [1.807, 2.05) is 18.2 Å². The summed E-state index contributed by atoms with van der Waals surface area (Å²) in [5.41, 5.74) is 1.63. The number of hydrogen-bond acceptors (Lipinski definition) is 2. The van der Waals surface area contributed by atoms with Crippen molar-refractivity contribution < 1.29 is 9.53 Å². The fourth-order valence-corrected chi connectivity index (χ4v) is 1.53. The number of ether oxygens (including phenoxy) is 1. The molecule has 1 aromatic heterocycles. The van der Waals surface area contributed by atoms with E-state index in [4.69, 9.17) is 4.74 Å². The highest BCUT2D eigenvalue weighted by molar-refractivity contribution is 5.97. The van der Waals surface area contributed by atoms with E-state index >= 15 is 0 Å². The summed E-state index contributed by atoms with van der Waals surface area (Å²) in [6.07, 6.45) is 3.54. The summed E-state index contributed by atoms with van der Waals surface area (Å²) in [7, 11) is 0. The van der Waals surface area contributed by atoms with Crippen molar-refractivity contribution in [3.63, 3.8) is 0 Å². The summed E-state index contributed by atoms with van der Waals surface area (Å²) in [5.74, 6) is 0.812. The van der Waals surface area contributed by atoms with Crippen molar-refractivity contribution >= 4 is 17.2 Å². The van der Waals surface area contributed by atoms with E-state index in [2.05, 4.69) is 11.9 Å². The highest BCUT2D eigenvalue weighted by atomic mass is 16.5. The molecule has 0 saturated carbocycles. The molecule has 2 rings (SSSR count). The summed E-state index contributed by atoms with van der Waals surface area (Å²) < 4.78 is 5.50. The van der Waals surface area contributed by atoms with Gasteiger partial charge in [0.2, 0.25) is 0 Å². The maximum atomic E-state index is 10.7. The molecule has 0 unspecified atom stereocenters. The van der Waals surface area contributed by atoms with E-state index < -0.39 is 0 Å². The van der Waals surface area contributed by atoms with Gasteiger partial charge in [-0.1, -0.05) is 6.92 Å². The molecule has 1 heterocycles. The molecular formula is C12H13NO2. The molecule has 1 aromatic carbocycles. The third-order valence-electron chi connectivity index (χ3n) is 2.29. The number of fused-ring (bicyclic) bond motifs is 1. The highest BCUT2D eigenvalue weighted by Crippen LogP contribution is 2.22. The first-order chi connectivity index (χ1) is 7.35. The Balaban J connectivity index is 2.39. The van der Waals surface area contributed by atoms with Gasteiger partial charge in [0, 0.05) is 22.7 Å². The standard InChI is InChI=1S/C12H13NO2/c1-2-5-15-10-3-4-12-11(6-10)9(8-14)7-13-12/h3-4,6-8,13H,2,5H2,1H3. The molecule has 0 aliphatic heterocycles. The van der Waals surface area contributed by atoms with Crippen LogP contribution in [0, 0.1) is 0 Å². The first-order valence-electron chi connectivity index (χ1n) is 5.04. The molecule has 15 heavy (non-hydrogen) atoms. The van der Waals surface area contributed by atoms with Crippen LogP contribution >= 0.6 is 0 Å². The zero-order valence-electron chi connectivity index (χ0n) is 8.62. The second kappa shape index (κ2) is 4.17. The minimum atomic E-state index is 0.673. The fourth-order valence-electron chi connectivity index (χ4n) is 1.53. The third-order valence-corrected chi connectivity index (χ3v) is 2.29. The number of aromatic amines is 1.